The highest BCUT2D eigenvalue weighted by molar-refractivity contribution is 7.94. The molecule has 0 saturated heterocycles. The molecule has 2 heterocycles. The topological polar surface area (TPSA) is 110 Å². The van der Waals surface area contributed by atoms with Gasteiger partial charge in [-0.25, -0.2) is 17.9 Å². The van der Waals surface area contributed by atoms with Gasteiger partial charge in [-0.2, -0.15) is 4.98 Å². The Balaban J connectivity index is 2.34. The first kappa shape index (κ1) is 13.6. The van der Waals surface area contributed by atoms with Crippen LogP contribution in [0, 0.1) is 13.8 Å². The third-order valence-electron chi connectivity index (χ3n) is 2.19. The monoisotopic (exact) mass is 302 g/mol. The van der Waals surface area contributed by atoms with E-state index in [0.717, 1.165) is 0 Å². The predicted molar refractivity (Wildman–Crippen MR) is 68.1 cm³/mol. The van der Waals surface area contributed by atoms with Crippen molar-refractivity contribution in [3.05, 3.63) is 28.5 Å². The van der Waals surface area contributed by atoms with Crippen molar-refractivity contribution in [2.75, 3.05) is 4.72 Å². The molecule has 2 aromatic heterocycles. The molecule has 0 atom stereocenters. The number of nitrogens with zero attached hydrogens (tertiary/aromatic N) is 1. The minimum absolute atomic E-state index is 0.0102. The summed E-state index contributed by atoms with van der Waals surface area (Å²) in [5.41, 5.74) is 0.924. The second kappa shape index (κ2) is 4.67. The molecule has 2 aromatic rings. The molecule has 102 valence electrons. The van der Waals surface area contributed by atoms with Gasteiger partial charge in [0.25, 0.3) is 10.0 Å². The van der Waals surface area contributed by atoms with Crippen LogP contribution < -0.4 is 4.72 Å². The Morgan fingerprint density at radius 3 is 2.63 bits per heavy atom. The van der Waals surface area contributed by atoms with Gasteiger partial charge in [0.1, 0.15) is 15.3 Å². The standard InChI is InChI=1S/C10H10N2O5S2/c1-5-3-7(18-8(5)9(13)14)19(15,16)12-10-11-6(2)4-17-10/h3-4H,1-2H3,(H,11,12)(H,13,14). The van der Waals surface area contributed by atoms with Gasteiger partial charge in [0.2, 0.25) is 0 Å². The zero-order valence-electron chi connectivity index (χ0n) is 10.00. The van der Waals surface area contributed by atoms with E-state index >= 15 is 0 Å². The summed E-state index contributed by atoms with van der Waals surface area (Å²) in [4.78, 5) is 14.7. The van der Waals surface area contributed by atoms with Gasteiger partial charge >= 0.3 is 12.0 Å². The summed E-state index contributed by atoms with van der Waals surface area (Å²) in [5, 5.41) is 8.90. The van der Waals surface area contributed by atoms with Crippen LogP contribution in [0.1, 0.15) is 20.9 Å². The van der Waals surface area contributed by atoms with Crippen molar-refractivity contribution in [1.29, 1.82) is 0 Å². The summed E-state index contributed by atoms with van der Waals surface area (Å²) in [7, 11) is -3.89. The Morgan fingerprint density at radius 1 is 1.47 bits per heavy atom. The third kappa shape index (κ3) is 2.76. The van der Waals surface area contributed by atoms with Crippen LogP contribution in [0.2, 0.25) is 0 Å². The molecule has 2 rings (SSSR count). The number of anilines is 1. The van der Waals surface area contributed by atoms with E-state index in [-0.39, 0.29) is 15.1 Å². The normalized spacial score (nSPS) is 11.5. The molecule has 0 fully saturated rings. The summed E-state index contributed by atoms with van der Waals surface area (Å²) in [6.45, 7) is 3.19. The van der Waals surface area contributed by atoms with E-state index in [1.807, 2.05) is 0 Å². The summed E-state index contributed by atoms with van der Waals surface area (Å²) in [6, 6.07) is 1.15. The van der Waals surface area contributed by atoms with Gasteiger partial charge in [-0.1, -0.05) is 0 Å². The maximum atomic E-state index is 12.0. The number of oxazole rings is 1. The molecule has 0 aliphatic heterocycles. The fourth-order valence-electron chi connectivity index (χ4n) is 1.36. The van der Waals surface area contributed by atoms with Crippen molar-refractivity contribution in [2.45, 2.75) is 18.1 Å². The Kier molecular flexibility index (Phi) is 3.33. The molecule has 0 aliphatic carbocycles. The molecule has 2 N–H and O–H groups in total. The number of hydrogen-bond donors (Lipinski definition) is 2. The van der Waals surface area contributed by atoms with Gasteiger partial charge in [-0.15, -0.1) is 11.3 Å². The maximum absolute atomic E-state index is 12.0. The first-order chi connectivity index (χ1) is 8.79. The van der Waals surface area contributed by atoms with Crippen LogP contribution in [0.15, 0.2) is 21.0 Å². The molecule has 0 radical (unpaired) electrons. The lowest BCUT2D eigenvalue weighted by Gasteiger charge is -2.00. The fraction of sp³-hybridized carbons (Fsp3) is 0.200. The number of carbonyl (C=O) groups is 1. The summed E-state index contributed by atoms with van der Waals surface area (Å²) >= 11 is 0.681. The minimum atomic E-state index is -3.89. The number of aryl methyl sites for hydroxylation is 2. The number of rotatable bonds is 4. The van der Waals surface area contributed by atoms with Crippen LogP contribution in [0.3, 0.4) is 0 Å². The largest absolute Gasteiger partial charge is 0.477 e. The second-order valence-corrected chi connectivity index (χ2v) is 6.74. The van der Waals surface area contributed by atoms with E-state index in [2.05, 4.69) is 9.71 Å². The number of aromatic carboxylic acids is 1. The van der Waals surface area contributed by atoms with Crippen molar-refractivity contribution in [3.8, 4) is 0 Å². The minimum Gasteiger partial charge on any atom is -0.477 e. The number of nitrogens with one attached hydrogen (secondary N) is 1. The Bertz CT molecular complexity index is 729. The van der Waals surface area contributed by atoms with Gasteiger partial charge in [0, 0.05) is 0 Å². The Morgan fingerprint density at radius 2 is 2.16 bits per heavy atom. The van der Waals surface area contributed by atoms with Crippen LogP contribution in [0.25, 0.3) is 0 Å². The quantitative estimate of drug-likeness (QED) is 0.892. The number of hydrogen-bond acceptors (Lipinski definition) is 6. The lowest BCUT2D eigenvalue weighted by Crippen LogP contribution is -2.11. The molecule has 0 amide bonds. The number of carboxylic acid groups (broad SMARTS) is 1. The highest BCUT2D eigenvalue weighted by Crippen LogP contribution is 2.27. The van der Waals surface area contributed by atoms with Crippen LogP contribution in [-0.4, -0.2) is 24.5 Å². The maximum Gasteiger partial charge on any atom is 0.346 e. The molecular weight excluding hydrogens is 292 g/mol. The first-order valence-electron chi connectivity index (χ1n) is 5.08. The highest BCUT2D eigenvalue weighted by atomic mass is 32.2. The average molecular weight is 302 g/mol. The third-order valence-corrected chi connectivity index (χ3v) is 5.21. The van der Waals surface area contributed by atoms with E-state index in [0.29, 0.717) is 22.6 Å². The zero-order chi connectivity index (χ0) is 14.2. The van der Waals surface area contributed by atoms with E-state index in [1.165, 1.54) is 19.3 Å². The van der Waals surface area contributed by atoms with E-state index in [9.17, 15) is 13.2 Å². The van der Waals surface area contributed by atoms with Crippen LogP contribution in [0.5, 0.6) is 0 Å². The van der Waals surface area contributed by atoms with Crippen molar-refractivity contribution < 1.29 is 22.7 Å². The van der Waals surface area contributed by atoms with Gasteiger partial charge in [0.05, 0.1) is 5.69 Å². The molecule has 0 unspecified atom stereocenters. The van der Waals surface area contributed by atoms with Gasteiger partial charge in [-0.05, 0) is 25.5 Å². The smallest absolute Gasteiger partial charge is 0.346 e. The number of aromatic nitrogens is 1. The molecule has 0 spiro atoms. The number of sulfonamides is 1. The molecule has 0 aromatic carbocycles. The summed E-state index contributed by atoms with van der Waals surface area (Å²) in [5.74, 6) is -1.16. The molecule has 9 heteroatoms. The van der Waals surface area contributed by atoms with Crippen LogP contribution in [0.4, 0.5) is 6.01 Å². The average Bonchev–Trinajstić information content (AvgIpc) is 2.84. The first-order valence-corrected chi connectivity index (χ1v) is 7.38. The Hall–Kier alpha value is -1.87. The van der Waals surface area contributed by atoms with E-state index in [1.54, 1.807) is 6.92 Å². The van der Waals surface area contributed by atoms with E-state index < -0.39 is 16.0 Å². The van der Waals surface area contributed by atoms with Crippen LogP contribution in [-0.2, 0) is 10.0 Å². The zero-order valence-corrected chi connectivity index (χ0v) is 11.6. The molecule has 0 aliphatic rings. The van der Waals surface area contributed by atoms with Gasteiger partial charge in [0.15, 0.2) is 0 Å². The molecular formula is C10H10N2O5S2. The highest BCUT2D eigenvalue weighted by Gasteiger charge is 2.23. The second-order valence-electron chi connectivity index (χ2n) is 3.78. The van der Waals surface area contributed by atoms with Crippen molar-refractivity contribution in [1.82, 2.24) is 4.98 Å². The summed E-state index contributed by atoms with van der Waals surface area (Å²) < 4.78 is 31.0. The number of carboxylic acids is 1. The SMILES string of the molecule is Cc1coc(NS(=O)(=O)c2cc(C)c(C(=O)O)s2)n1. The summed E-state index contributed by atoms with van der Waals surface area (Å²) in [6.07, 6.45) is 1.31. The van der Waals surface area contributed by atoms with Crippen molar-refractivity contribution >= 4 is 33.3 Å². The fourth-order valence-corrected chi connectivity index (χ4v) is 3.68. The lowest BCUT2D eigenvalue weighted by molar-refractivity contribution is 0.0701. The van der Waals surface area contributed by atoms with Crippen molar-refractivity contribution in [2.24, 2.45) is 0 Å². The lowest BCUT2D eigenvalue weighted by atomic mass is 10.3. The van der Waals surface area contributed by atoms with E-state index in [4.69, 9.17) is 9.52 Å². The molecule has 19 heavy (non-hydrogen) atoms. The predicted octanol–water partition coefficient (Wildman–Crippen LogP) is 1.85. The number of thiophene rings is 1. The van der Waals surface area contributed by atoms with Crippen LogP contribution >= 0.6 is 11.3 Å². The van der Waals surface area contributed by atoms with Gasteiger partial charge < -0.3 is 9.52 Å². The Labute approximate surface area is 113 Å². The molecule has 0 saturated carbocycles. The van der Waals surface area contributed by atoms with Crippen molar-refractivity contribution in [3.63, 3.8) is 0 Å². The van der Waals surface area contributed by atoms with Gasteiger partial charge in [-0.3, -0.25) is 0 Å². The molecule has 7 nitrogen and oxygen atoms in total. The molecule has 0 bridgehead atoms.